The van der Waals surface area contributed by atoms with Gasteiger partial charge in [-0.15, -0.1) is 10.2 Å². The molecule has 7 nitrogen and oxygen atoms in total. The van der Waals surface area contributed by atoms with Crippen LogP contribution in [0.3, 0.4) is 0 Å². The van der Waals surface area contributed by atoms with Crippen molar-refractivity contribution in [2.45, 2.75) is 44.6 Å². The third-order valence-corrected chi connectivity index (χ3v) is 7.24. The molecule has 0 spiro atoms. The first-order chi connectivity index (χ1) is 16.6. The lowest BCUT2D eigenvalue weighted by atomic mass is 9.79. The molecule has 2 heterocycles. The van der Waals surface area contributed by atoms with Crippen molar-refractivity contribution in [3.63, 3.8) is 0 Å². The molecule has 0 unspecified atom stereocenters. The molecule has 0 radical (unpaired) electrons. The monoisotopic (exact) mass is 460 g/mol. The number of morpholine rings is 1. The molecule has 3 aromatic rings. The fourth-order valence-corrected chi connectivity index (χ4v) is 5.23. The molecule has 1 aliphatic heterocycles. The maximum absolute atomic E-state index is 13.0. The lowest BCUT2D eigenvalue weighted by Gasteiger charge is -2.48. The van der Waals surface area contributed by atoms with Crippen LogP contribution in [-0.4, -0.2) is 59.4 Å². The van der Waals surface area contributed by atoms with Gasteiger partial charge in [0, 0.05) is 41.9 Å². The fourth-order valence-electron chi connectivity index (χ4n) is 5.23. The molecule has 178 valence electrons. The van der Waals surface area contributed by atoms with Gasteiger partial charge in [-0.2, -0.15) is 0 Å². The Morgan fingerprint density at radius 2 is 1.68 bits per heavy atom. The quantitative estimate of drug-likeness (QED) is 0.584. The van der Waals surface area contributed by atoms with Gasteiger partial charge in [-0.05, 0) is 55.7 Å². The number of rotatable bonds is 6. The van der Waals surface area contributed by atoms with Crippen LogP contribution in [0.25, 0.3) is 22.9 Å². The average Bonchev–Trinajstić information content (AvgIpc) is 3.39. The molecule has 2 fully saturated rings. The molecule has 2 aliphatic rings. The SMILES string of the molecule is Cc1ccccc1-c1nnc(-c2ccc(C(=O)NCC3(N4CCOCC4)CCCCC3)cc2)o1. The van der Waals surface area contributed by atoms with E-state index in [4.69, 9.17) is 9.15 Å². The van der Waals surface area contributed by atoms with Crippen LogP contribution < -0.4 is 5.32 Å². The largest absolute Gasteiger partial charge is 0.416 e. The van der Waals surface area contributed by atoms with Crippen LogP contribution in [0.2, 0.25) is 0 Å². The minimum Gasteiger partial charge on any atom is -0.416 e. The zero-order valence-corrected chi connectivity index (χ0v) is 19.8. The highest BCUT2D eigenvalue weighted by Gasteiger charge is 2.38. The van der Waals surface area contributed by atoms with E-state index in [1.165, 1.54) is 19.3 Å². The lowest BCUT2D eigenvalue weighted by molar-refractivity contribution is -0.0361. The summed E-state index contributed by atoms with van der Waals surface area (Å²) in [5.74, 6) is 0.894. The molecule has 7 heteroatoms. The normalized spacial score (nSPS) is 18.5. The molecular formula is C27H32N4O3. The van der Waals surface area contributed by atoms with Gasteiger partial charge in [-0.25, -0.2) is 0 Å². The number of hydrogen-bond acceptors (Lipinski definition) is 6. The summed E-state index contributed by atoms with van der Waals surface area (Å²) >= 11 is 0. The number of nitrogens with one attached hydrogen (secondary N) is 1. The van der Waals surface area contributed by atoms with Crippen LogP contribution >= 0.6 is 0 Å². The number of ether oxygens (including phenoxy) is 1. The number of hydrogen-bond donors (Lipinski definition) is 1. The van der Waals surface area contributed by atoms with Crippen molar-refractivity contribution in [2.75, 3.05) is 32.8 Å². The van der Waals surface area contributed by atoms with E-state index in [1.807, 2.05) is 55.5 Å². The molecular weight excluding hydrogens is 428 g/mol. The van der Waals surface area contributed by atoms with Crippen LogP contribution in [0.4, 0.5) is 0 Å². The van der Waals surface area contributed by atoms with Gasteiger partial charge in [0.1, 0.15) is 0 Å². The van der Waals surface area contributed by atoms with Gasteiger partial charge in [0.2, 0.25) is 11.8 Å². The average molecular weight is 461 g/mol. The van der Waals surface area contributed by atoms with Crippen LogP contribution in [0.1, 0.15) is 48.0 Å². The minimum absolute atomic E-state index is 0.0455. The van der Waals surface area contributed by atoms with Gasteiger partial charge in [-0.3, -0.25) is 9.69 Å². The highest BCUT2D eigenvalue weighted by Crippen LogP contribution is 2.34. The first-order valence-corrected chi connectivity index (χ1v) is 12.3. The van der Waals surface area contributed by atoms with Crippen molar-refractivity contribution >= 4 is 5.91 Å². The summed E-state index contributed by atoms with van der Waals surface area (Å²) in [6.45, 7) is 6.13. The lowest BCUT2D eigenvalue weighted by Crippen LogP contribution is -2.59. The summed E-state index contributed by atoms with van der Waals surface area (Å²) in [5.41, 5.74) is 3.48. The maximum atomic E-state index is 13.0. The number of carbonyl (C=O) groups is 1. The van der Waals surface area contributed by atoms with Crippen molar-refractivity contribution in [1.82, 2.24) is 20.4 Å². The van der Waals surface area contributed by atoms with Gasteiger partial charge in [0.05, 0.1) is 13.2 Å². The second kappa shape index (κ2) is 10.1. The highest BCUT2D eigenvalue weighted by atomic mass is 16.5. The maximum Gasteiger partial charge on any atom is 0.251 e. The predicted octanol–water partition coefficient (Wildman–Crippen LogP) is 4.48. The van der Waals surface area contributed by atoms with Gasteiger partial charge in [-0.1, -0.05) is 37.5 Å². The molecule has 5 rings (SSSR count). The Bertz CT molecular complexity index is 1110. The van der Waals surface area contributed by atoms with Crippen molar-refractivity contribution in [2.24, 2.45) is 0 Å². The second-order valence-electron chi connectivity index (χ2n) is 9.37. The Labute approximate surface area is 200 Å². The topological polar surface area (TPSA) is 80.5 Å². The van der Waals surface area contributed by atoms with Gasteiger partial charge < -0.3 is 14.5 Å². The Hall–Kier alpha value is -3.03. The zero-order valence-electron chi connectivity index (χ0n) is 19.8. The number of aromatic nitrogens is 2. The van der Waals surface area contributed by atoms with Crippen LogP contribution in [0.15, 0.2) is 52.9 Å². The molecule has 0 bridgehead atoms. The summed E-state index contributed by atoms with van der Waals surface area (Å²) in [7, 11) is 0. The Morgan fingerprint density at radius 3 is 2.41 bits per heavy atom. The third kappa shape index (κ3) is 4.76. The summed E-state index contributed by atoms with van der Waals surface area (Å²) in [6, 6.07) is 15.3. The molecule has 2 aromatic carbocycles. The summed E-state index contributed by atoms with van der Waals surface area (Å²) < 4.78 is 11.5. The molecule has 1 aliphatic carbocycles. The van der Waals surface area contributed by atoms with E-state index in [9.17, 15) is 4.79 Å². The Morgan fingerprint density at radius 1 is 0.971 bits per heavy atom. The number of nitrogens with zero attached hydrogens (tertiary/aromatic N) is 3. The molecule has 1 saturated heterocycles. The first kappa shape index (κ1) is 22.7. The van der Waals surface area contributed by atoms with Crippen molar-refractivity contribution in [3.05, 3.63) is 59.7 Å². The van der Waals surface area contributed by atoms with E-state index in [2.05, 4.69) is 20.4 Å². The molecule has 1 N–H and O–H groups in total. The number of amides is 1. The number of aryl methyl sites for hydroxylation is 1. The number of carbonyl (C=O) groups excluding carboxylic acids is 1. The van der Waals surface area contributed by atoms with Gasteiger partial charge in [0.15, 0.2) is 0 Å². The van der Waals surface area contributed by atoms with Crippen LogP contribution in [0, 0.1) is 6.92 Å². The molecule has 1 aromatic heterocycles. The molecule has 0 atom stereocenters. The van der Waals surface area contributed by atoms with Crippen LogP contribution in [-0.2, 0) is 4.74 Å². The summed E-state index contributed by atoms with van der Waals surface area (Å²) in [4.78, 5) is 15.5. The predicted molar refractivity (Wildman–Crippen MR) is 130 cm³/mol. The number of benzene rings is 2. The van der Waals surface area contributed by atoms with Crippen molar-refractivity contribution in [3.8, 4) is 22.9 Å². The van der Waals surface area contributed by atoms with Crippen molar-refractivity contribution in [1.29, 1.82) is 0 Å². The van der Waals surface area contributed by atoms with Gasteiger partial charge >= 0.3 is 0 Å². The van der Waals surface area contributed by atoms with Crippen LogP contribution in [0.5, 0.6) is 0 Å². The fraction of sp³-hybridized carbons (Fsp3) is 0.444. The minimum atomic E-state index is -0.0455. The second-order valence-corrected chi connectivity index (χ2v) is 9.37. The first-order valence-electron chi connectivity index (χ1n) is 12.3. The Kier molecular flexibility index (Phi) is 6.74. The van der Waals surface area contributed by atoms with E-state index in [0.29, 0.717) is 23.9 Å². The van der Waals surface area contributed by atoms with E-state index in [1.54, 1.807) is 0 Å². The van der Waals surface area contributed by atoms with E-state index < -0.39 is 0 Å². The smallest absolute Gasteiger partial charge is 0.251 e. The molecule has 1 amide bonds. The summed E-state index contributed by atoms with van der Waals surface area (Å²) in [6.07, 6.45) is 5.98. The molecule has 34 heavy (non-hydrogen) atoms. The third-order valence-electron chi connectivity index (χ3n) is 7.24. The van der Waals surface area contributed by atoms with Gasteiger partial charge in [0.25, 0.3) is 5.91 Å². The Balaban J connectivity index is 1.25. The van der Waals surface area contributed by atoms with E-state index in [0.717, 1.165) is 55.8 Å². The summed E-state index contributed by atoms with van der Waals surface area (Å²) in [5, 5.41) is 11.6. The van der Waals surface area contributed by atoms with E-state index in [-0.39, 0.29) is 11.4 Å². The van der Waals surface area contributed by atoms with E-state index >= 15 is 0 Å². The zero-order chi connectivity index (χ0) is 23.4. The highest BCUT2D eigenvalue weighted by molar-refractivity contribution is 5.94. The molecule has 1 saturated carbocycles. The van der Waals surface area contributed by atoms with Crippen molar-refractivity contribution < 1.29 is 13.9 Å². The standard InChI is InChI=1S/C27H32N4O3/c1-20-7-3-4-8-23(20)26-30-29-25(34-26)22-11-9-21(10-12-22)24(32)28-19-27(13-5-2-6-14-27)31-15-17-33-18-16-31/h3-4,7-12H,2,5-6,13-19H2,1H3,(H,28,32).